The van der Waals surface area contributed by atoms with Gasteiger partial charge < -0.3 is 8.98 Å². The maximum atomic E-state index is 12.6. The molecule has 1 N–H and O–H groups in total. The van der Waals surface area contributed by atoms with Gasteiger partial charge in [-0.2, -0.15) is 0 Å². The lowest BCUT2D eigenvalue weighted by Crippen LogP contribution is -2.11. The monoisotopic (exact) mass is 381 g/mol. The van der Waals surface area contributed by atoms with Crippen LogP contribution >= 0.6 is 11.3 Å². The van der Waals surface area contributed by atoms with Gasteiger partial charge in [0.25, 0.3) is 5.91 Å². The van der Waals surface area contributed by atoms with E-state index in [1.165, 1.54) is 11.3 Å². The van der Waals surface area contributed by atoms with Crippen molar-refractivity contribution in [3.63, 3.8) is 0 Å². The van der Waals surface area contributed by atoms with Crippen LogP contribution in [0.1, 0.15) is 35.9 Å². The fraction of sp³-hybridized carbons (Fsp3) is 0.263. The number of nitrogens with one attached hydrogen (secondary N) is 1. The molecule has 3 heterocycles. The van der Waals surface area contributed by atoms with Gasteiger partial charge in [-0.15, -0.1) is 10.2 Å². The molecule has 0 saturated heterocycles. The summed E-state index contributed by atoms with van der Waals surface area (Å²) in [5.41, 5.74) is 2.41. The second-order valence-corrected chi connectivity index (χ2v) is 7.19. The molecule has 138 valence electrons. The highest BCUT2D eigenvalue weighted by Crippen LogP contribution is 2.27. The van der Waals surface area contributed by atoms with Crippen LogP contribution in [0.2, 0.25) is 0 Å². The molecule has 0 aliphatic rings. The highest BCUT2D eigenvalue weighted by Gasteiger charge is 2.15. The number of imidazole rings is 1. The second-order valence-electron chi connectivity index (χ2n) is 6.21. The molecule has 0 aliphatic heterocycles. The summed E-state index contributed by atoms with van der Waals surface area (Å²) in [4.78, 5) is 17.2. The first-order valence-corrected chi connectivity index (χ1v) is 9.63. The Morgan fingerprint density at radius 2 is 2.19 bits per heavy atom. The zero-order chi connectivity index (χ0) is 18.8. The first kappa shape index (κ1) is 17.4. The van der Waals surface area contributed by atoms with Crippen molar-refractivity contribution in [3.8, 4) is 10.8 Å². The number of amides is 1. The first-order chi connectivity index (χ1) is 13.2. The number of nitrogens with zero attached hydrogens (tertiary/aromatic N) is 4. The van der Waals surface area contributed by atoms with Crippen LogP contribution in [-0.2, 0) is 6.54 Å². The Hall–Kier alpha value is -3.00. The Labute approximate surface area is 160 Å². The van der Waals surface area contributed by atoms with Crippen molar-refractivity contribution in [2.45, 2.75) is 33.2 Å². The fourth-order valence-corrected chi connectivity index (χ4v) is 3.64. The van der Waals surface area contributed by atoms with Gasteiger partial charge in [-0.1, -0.05) is 24.7 Å². The van der Waals surface area contributed by atoms with Crippen LogP contribution in [0.15, 0.2) is 41.0 Å². The number of hydrogen-bond acceptors (Lipinski definition) is 6. The molecule has 0 fully saturated rings. The molecule has 3 aromatic heterocycles. The average Bonchev–Trinajstić information content (AvgIpc) is 3.39. The van der Waals surface area contributed by atoms with Crippen molar-refractivity contribution in [2.24, 2.45) is 0 Å². The molecule has 27 heavy (non-hydrogen) atoms. The van der Waals surface area contributed by atoms with E-state index in [-0.39, 0.29) is 5.91 Å². The summed E-state index contributed by atoms with van der Waals surface area (Å²) in [6.45, 7) is 5.10. The minimum absolute atomic E-state index is 0.236. The van der Waals surface area contributed by atoms with Gasteiger partial charge in [-0.05, 0) is 43.7 Å². The number of aromatic nitrogens is 4. The number of carbonyl (C=O) groups excluding carboxylic acids is 1. The first-order valence-electron chi connectivity index (χ1n) is 8.81. The third-order valence-corrected chi connectivity index (χ3v) is 5.17. The molecule has 4 aromatic rings. The zero-order valence-electron chi connectivity index (χ0n) is 15.1. The highest BCUT2D eigenvalue weighted by atomic mass is 32.1. The van der Waals surface area contributed by atoms with E-state index in [4.69, 9.17) is 4.42 Å². The predicted octanol–water partition coefficient (Wildman–Crippen LogP) is 4.51. The van der Waals surface area contributed by atoms with E-state index in [9.17, 15) is 4.79 Å². The van der Waals surface area contributed by atoms with Crippen molar-refractivity contribution in [3.05, 3.63) is 48.0 Å². The molecule has 0 saturated carbocycles. The maximum Gasteiger partial charge on any atom is 0.257 e. The smallest absolute Gasteiger partial charge is 0.257 e. The standard InChI is InChI=1S/C19H19N5O2S/c1-3-4-9-24-12(2)20-14-11-13(7-8-15(14)24)17(25)21-19-23-22-18(27-19)16-6-5-10-26-16/h5-8,10-11H,3-4,9H2,1-2H3,(H,21,23,25). The normalized spacial score (nSPS) is 11.2. The molecular formula is C19H19N5O2S. The molecule has 8 heteroatoms. The number of aryl methyl sites for hydroxylation is 2. The minimum atomic E-state index is -0.236. The van der Waals surface area contributed by atoms with Gasteiger partial charge in [0, 0.05) is 12.1 Å². The Balaban J connectivity index is 1.54. The van der Waals surface area contributed by atoms with Crippen LogP contribution < -0.4 is 5.32 Å². The molecule has 0 radical (unpaired) electrons. The van der Waals surface area contributed by atoms with Crippen molar-refractivity contribution in [1.29, 1.82) is 0 Å². The topological polar surface area (TPSA) is 85.8 Å². The van der Waals surface area contributed by atoms with Crippen LogP contribution in [0.25, 0.3) is 21.8 Å². The van der Waals surface area contributed by atoms with Crippen LogP contribution in [0.4, 0.5) is 5.13 Å². The third-order valence-electron chi connectivity index (χ3n) is 4.31. The van der Waals surface area contributed by atoms with E-state index in [1.54, 1.807) is 18.4 Å². The average molecular weight is 381 g/mol. The number of unbranched alkanes of at least 4 members (excludes halogenated alkanes) is 1. The van der Waals surface area contributed by atoms with Gasteiger partial charge in [0.15, 0.2) is 10.8 Å². The SMILES string of the molecule is CCCCn1c(C)nc2cc(C(=O)Nc3nnc(-c4ccco4)s3)ccc21. The molecule has 1 amide bonds. The molecule has 0 unspecified atom stereocenters. The Morgan fingerprint density at radius 3 is 2.96 bits per heavy atom. The molecule has 4 rings (SSSR count). The summed E-state index contributed by atoms with van der Waals surface area (Å²) < 4.78 is 7.49. The Bertz CT molecular complexity index is 1080. The van der Waals surface area contributed by atoms with Crippen molar-refractivity contribution >= 4 is 33.4 Å². The van der Waals surface area contributed by atoms with E-state index < -0.39 is 0 Å². The third kappa shape index (κ3) is 3.48. The van der Waals surface area contributed by atoms with Crippen LogP contribution in [0.5, 0.6) is 0 Å². The number of furan rings is 1. The summed E-state index contributed by atoms with van der Waals surface area (Å²) in [6, 6.07) is 9.17. The van der Waals surface area contributed by atoms with Crippen LogP contribution in [0, 0.1) is 6.92 Å². The van der Waals surface area contributed by atoms with Crippen LogP contribution in [0.3, 0.4) is 0 Å². The lowest BCUT2D eigenvalue weighted by molar-refractivity contribution is 0.102. The number of fused-ring (bicyclic) bond motifs is 1. The molecule has 0 atom stereocenters. The number of carbonyl (C=O) groups is 1. The molecule has 0 bridgehead atoms. The van der Waals surface area contributed by atoms with E-state index in [0.29, 0.717) is 21.5 Å². The summed E-state index contributed by atoms with van der Waals surface area (Å²) in [5.74, 6) is 1.35. The van der Waals surface area contributed by atoms with Gasteiger partial charge in [0.05, 0.1) is 17.3 Å². The predicted molar refractivity (Wildman–Crippen MR) is 105 cm³/mol. The van der Waals surface area contributed by atoms with Crippen LogP contribution in [-0.4, -0.2) is 25.7 Å². The molecular weight excluding hydrogens is 362 g/mol. The van der Waals surface area contributed by atoms with E-state index in [1.807, 2.05) is 25.1 Å². The zero-order valence-corrected chi connectivity index (χ0v) is 15.9. The largest absolute Gasteiger partial charge is 0.462 e. The summed E-state index contributed by atoms with van der Waals surface area (Å²) in [5, 5.41) is 11.9. The number of rotatable bonds is 6. The van der Waals surface area contributed by atoms with Gasteiger partial charge in [0.1, 0.15) is 5.82 Å². The molecule has 1 aromatic carbocycles. The Morgan fingerprint density at radius 1 is 1.30 bits per heavy atom. The quantitative estimate of drug-likeness (QED) is 0.531. The van der Waals surface area contributed by atoms with Gasteiger partial charge >= 0.3 is 0 Å². The van der Waals surface area contributed by atoms with Gasteiger partial charge in [0.2, 0.25) is 5.13 Å². The van der Waals surface area contributed by atoms with Crippen molar-refractivity contribution < 1.29 is 9.21 Å². The summed E-state index contributed by atoms with van der Waals surface area (Å²) in [7, 11) is 0. The lowest BCUT2D eigenvalue weighted by Gasteiger charge is -2.06. The van der Waals surface area contributed by atoms with Gasteiger partial charge in [-0.25, -0.2) is 4.98 Å². The number of benzene rings is 1. The lowest BCUT2D eigenvalue weighted by atomic mass is 10.2. The number of anilines is 1. The molecule has 7 nitrogen and oxygen atoms in total. The number of hydrogen-bond donors (Lipinski definition) is 1. The van der Waals surface area contributed by atoms with Crippen molar-refractivity contribution in [2.75, 3.05) is 5.32 Å². The fourth-order valence-electron chi connectivity index (χ4n) is 2.93. The molecule has 0 aliphatic carbocycles. The summed E-state index contributed by atoms with van der Waals surface area (Å²) >= 11 is 1.27. The summed E-state index contributed by atoms with van der Waals surface area (Å²) in [6.07, 6.45) is 3.80. The molecule has 0 spiro atoms. The van der Waals surface area contributed by atoms with Gasteiger partial charge in [-0.3, -0.25) is 10.1 Å². The van der Waals surface area contributed by atoms with E-state index >= 15 is 0 Å². The highest BCUT2D eigenvalue weighted by molar-refractivity contribution is 7.18. The van der Waals surface area contributed by atoms with Crippen molar-refractivity contribution in [1.82, 2.24) is 19.7 Å². The second kappa shape index (κ2) is 7.32. The Kier molecular flexibility index (Phi) is 4.72. The van der Waals surface area contributed by atoms with E-state index in [0.717, 1.165) is 36.2 Å². The minimum Gasteiger partial charge on any atom is -0.462 e. The maximum absolute atomic E-state index is 12.6. The van der Waals surface area contributed by atoms with E-state index in [2.05, 4.69) is 32.0 Å².